The van der Waals surface area contributed by atoms with Gasteiger partial charge in [-0.3, -0.25) is 10.1 Å². The summed E-state index contributed by atoms with van der Waals surface area (Å²) in [4.78, 5) is 11.1. The Hall–Kier alpha value is -2.68. The van der Waals surface area contributed by atoms with E-state index in [9.17, 15) is 10.1 Å². The third kappa shape index (κ3) is 3.75. The van der Waals surface area contributed by atoms with Gasteiger partial charge < -0.3 is 0 Å². The third-order valence-corrected chi connectivity index (χ3v) is 4.30. The zero-order chi connectivity index (χ0) is 16.1. The molecule has 0 amide bonds. The second-order valence-electron chi connectivity index (χ2n) is 5.81. The molecule has 1 aliphatic carbocycles. The van der Waals surface area contributed by atoms with Crippen molar-refractivity contribution in [3.63, 3.8) is 0 Å². The molecule has 2 aromatic rings. The summed E-state index contributed by atoms with van der Waals surface area (Å²) < 4.78 is 0. The Morgan fingerprint density at radius 3 is 2.13 bits per heavy atom. The summed E-state index contributed by atoms with van der Waals surface area (Å²) in [5, 5.41) is 11.2. The number of rotatable bonds is 4. The standard InChI is InChI=1S/C20H19NO2/c22-21(23)20-9-5-4-8-19(20)18-14-12-17(13-15-18)11-10-16-6-2-1-3-7-16/h1-7,10-15,19-20H,8-9H2. The Morgan fingerprint density at radius 2 is 1.48 bits per heavy atom. The van der Waals surface area contributed by atoms with E-state index in [0.717, 1.165) is 23.1 Å². The molecule has 2 aromatic carbocycles. The summed E-state index contributed by atoms with van der Waals surface area (Å²) >= 11 is 0. The van der Waals surface area contributed by atoms with Crippen LogP contribution in [0.2, 0.25) is 0 Å². The fourth-order valence-corrected chi connectivity index (χ4v) is 3.00. The minimum atomic E-state index is -0.509. The molecule has 1 aliphatic rings. The second-order valence-corrected chi connectivity index (χ2v) is 5.81. The van der Waals surface area contributed by atoms with Crippen molar-refractivity contribution in [2.45, 2.75) is 24.8 Å². The van der Waals surface area contributed by atoms with Crippen LogP contribution in [0.25, 0.3) is 12.2 Å². The van der Waals surface area contributed by atoms with Crippen molar-refractivity contribution in [2.75, 3.05) is 0 Å². The van der Waals surface area contributed by atoms with Gasteiger partial charge in [-0.25, -0.2) is 0 Å². The lowest BCUT2D eigenvalue weighted by Gasteiger charge is -2.22. The van der Waals surface area contributed by atoms with E-state index < -0.39 is 6.04 Å². The van der Waals surface area contributed by atoms with E-state index >= 15 is 0 Å². The van der Waals surface area contributed by atoms with Gasteiger partial charge in [0.2, 0.25) is 6.04 Å². The summed E-state index contributed by atoms with van der Waals surface area (Å²) in [5.74, 6) is -0.0258. The summed E-state index contributed by atoms with van der Waals surface area (Å²) in [6.45, 7) is 0. The van der Waals surface area contributed by atoms with Crippen molar-refractivity contribution in [1.82, 2.24) is 0 Å². The highest BCUT2D eigenvalue weighted by molar-refractivity contribution is 5.69. The number of hydrogen-bond donors (Lipinski definition) is 0. The summed E-state index contributed by atoms with van der Waals surface area (Å²) in [6.07, 6.45) is 9.36. The largest absolute Gasteiger partial charge is 0.264 e. The van der Waals surface area contributed by atoms with E-state index in [1.54, 1.807) is 0 Å². The summed E-state index contributed by atoms with van der Waals surface area (Å²) in [5.41, 5.74) is 3.30. The summed E-state index contributed by atoms with van der Waals surface area (Å²) in [7, 11) is 0. The van der Waals surface area contributed by atoms with E-state index in [-0.39, 0.29) is 10.8 Å². The molecule has 0 fully saturated rings. The van der Waals surface area contributed by atoms with Gasteiger partial charge in [0.15, 0.2) is 0 Å². The van der Waals surface area contributed by atoms with Crippen LogP contribution < -0.4 is 0 Å². The van der Waals surface area contributed by atoms with Crippen LogP contribution >= 0.6 is 0 Å². The monoisotopic (exact) mass is 305 g/mol. The molecule has 0 heterocycles. The molecule has 3 nitrogen and oxygen atoms in total. The molecular weight excluding hydrogens is 286 g/mol. The highest BCUT2D eigenvalue weighted by Crippen LogP contribution is 2.31. The quantitative estimate of drug-likeness (QED) is 0.348. The Labute approximate surface area is 136 Å². The highest BCUT2D eigenvalue weighted by Gasteiger charge is 2.32. The lowest BCUT2D eigenvalue weighted by molar-refractivity contribution is -0.526. The van der Waals surface area contributed by atoms with E-state index in [2.05, 4.69) is 24.3 Å². The maximum absolute atomic E-state index is 11.2. The number of benzene rings is 2. The van der Waals surface area contributed by atoms with Crippen LogP contribution in [0.1, 0.15) is 35.4 Å². The molecule has 0 spiro atoms. The van der Waals surface area contributed by atoms with Crippen molar-refractivity contribution >= 4 is 12.2 Å². The average Bonchev–Trinajstić information content (AvgIpc) is 2.61. The van der Waals surface area contributed by atoms with Crippen LogP contribution in [0.5, 0.6) is 0 Å². The molecule has 0 aromatic heterocycles. The molecule has 2 atom stereocenters. The molecule has 0 radical (unpaired) electrons. The van der Waals surface area contributed by atoms with Gasteiger partial charge in [-0.2, -0.15) is 0 Å². The van der Waals surface area contributed by atoms with Gasteiger partial charge in [0.05, 0.1) is 5.92 Å². The van der Waals surface area contributed by atoms with Crippen molar-refractivity contribution in [2.24, 2.45) is 0 Å². The lowest BCUT2D eigenvalue weighted by Crippen LogP contribution is -2.28. The Kier molecular flexibility index (Phi) is 4.67. The number of nitrogens with zero attached hydrogens (tertiary/aromatic N) is 1. The Balaban J connectivity index is 1.75. The van der Waals surface area contributed by atoms with Crippen LogP contribution in [0.3, 0.4) is 0 Å². The van der Waals surface area contributed by atoms with Gasteiger partial charge in [0.25, 0.3) is 0 Å². The number of hydrogen-bond acceptors (Lipinski definition) is 2. The zero-order valence-corrected chi connectivity index (χ0v) is 12.8. The topological polar surface area (TPSA) is 43.1 Å². The molecule has 0 saturated heterocycles. The minimum absolute atomic E-state index is 0.0258. The van der Waals surface area contributed by atoms with Crippen molar-refractivity contribution in [3.05, 3.63) is 93.6 Å². The smallest absolute Gasteiger partial charge is 0.223 e. The molecule has 0 aliphatic heterocycles. The van der Waals surface area contributed by atoms with Crippen molar-refractivity contribution < 1.29 is 4.92 Å². The van der Waals surface area contributed by atoms with Crippen LogP contribution in [-0.2, 0) is 0 Å². The third-order valence-electron chi connectivity index (χ3n) is 4.30. The van der Waals surface area contributed by atoms with Gasteiger partial charge in [-0.1, -0.05) is 78.9 Å². The molecule has 2 unspecified atom stereocenters. The average molecular weight is 305 g/mol. The second kappa shape index (κ2) is 7.05. The zero-order valence-electron chi connectivity index (χ0n) is 12.8. The predicted molar refractivity (Wildman–Crippen MR) is 93.7 cm³/mol. The van der Waals surface area contributed by atoms with Crippen LogP contribution in [0, 0.1) is 10.1 Å². The highest BCUT2D eigenvalue weighted by atomic mass is 16.6. The first-order valence-electron chi connectivity index (χ1n) is 7.85. The van der Waals surface area contributed by atoms with Crippen LogP contribution in [0.15, 0.2) is 66.7 Å². The Bertz CT molecular complexity index is 717. The van der Waals surface area contributed by atoms with Crippen molar-refractivity contribution in [3.8, 4) is 0 Å². The SMILES string of the molecule is O=[N+]([O-])C1CC=CCC1c1ccc(C=Cc2ccccc2)cc1. The van der Waals surface area contributed by atoms with Gasteiger partial charge in [0.1, 0.15) is 0 Å². The van der Waals surface area contributed by atoms with E-state index in [1.807, 2.05) is 54.6 Å². The molecular formula is C20H19NO2. The number of nitro groups is 1. The van der Waals surface area contributed by atoms with Gasteiger partial charge in [-0.15, -0.1) is 0 Å². The minimum Gasteiger partial charge on any atom is -0.264 e. The maximum atomic E-state index is 11.2. The fourth-order valence-electron chi connectivity index (χ4n) is 3.00. The maximum Gasteiger partial charge on any atom is 0.223 e. The molecule has 3 rings (SSSR count). The van der Waals surface area contributed by atoms with E-state index in [0.29, 0.717) is 6.42 Å². The fraction of sp³-hybridized carbons (Fsp3) is 0.200. The first-order valence-corrected chi connectivity index (χ1v) is 7.85. The summed E-state index contributed by atoms with van der Waals surface area (Å²) in [6, 6.07) is 17.7. The lowest BCUT2D eigenvalue weighted by atomic mass is 9.83. The molecule has 0 bridgehead atoms. The van der Waals surface area contributed by atoms with Gasteiger partial charge >= 0.3 is 0 Å². The number of allylic oxidation sites excluding steroid dienone is 1. The van der Waals surface area contributed by atoms with Crippen LogP contribution in [-0.4, -0.2) is 11.0 Å². The van der Waals surface area contributed by atoms with E-state index in [1.165, 1.54) is 0 Å². The molecule has 0 N–H and O–H groups in total. The van der Waals surface area contributed by atoms with Crippen LogP contribution in [0.4, 0.5) is 0 Å². The molecule has 23 heavy (non-hydrogen) atoms. The van der Waals surface area contributed by atoms with E-state index in [4.69, 9.17) is 0 Å². The first kappa shape index (κ1) is 15.2. The van der Waals surface area contributed by atoms with Gasteiger partial charge in [0, 0.05) is 11.3 Å². The molecule has 0 saturated carbocycles. The molecule has 116 valence electrons. The normalized spacial score (nSPS) is 20.7. The van der Waals surface area contributed by atoms with Crippen molar-refractivity contribution in [1.29, 1.82) is 0 Å². The Morgan fingerprint density at radius 1 is 0.870 bits per heavy atom. The first-order chi connectivity index (χ1) is 11.2. The molecule has 3 heteroatoms. The van der Waals surface area contributed by atoms with Gasteiger partial charge in [-0.05, 0) is 23.1 Å². The predicted octanol–water partition coefficient (Wildman–Crippen LogP) is 4.94.